The Morgan fingerprint density at radius 3 is 2.68 bits per heavy atom. The first-order valence-corrected chi connectivity index (χ1v) is 10.6. The van der Waals surface area contributed by atoms with Gasteiger partial charge in [-0.25, -0.2) is 23.8 Å². The molecule has 34 heavy (non-hydrogen) atoms. The molecule has 2 aromatic carbocycles. The lowest BCUT2D eigenvalue weighted by atomic mass is 9.98. The highest BCUT2D eigenvalue weighted by Crippen LogP contribution is 2.36. The van der Waals surface area contributed by atoms with E-state index in [1.54, 1.807) is 6.92 Å². The quantitative estimate of drug-likeness (QED) is 0.433. The number of aromatic amines is 1. The molecule has 0 saturated carbocycles. The van der Waals surface area contributed by atoms with E-state index >= 15 is 0 Å². The maximum atomic E-state index is 13.3. The van der Waals surface area contributed by atoms with Gasteiger partial charge in [-0.3, -0.25) is 0 Å². The molecule has 0 fully saturated rings. The molecular weight excluding hydrogens is 434 g/mol. The van der Waals surface area contributed by atoms with Gasteiger partial charge in [0.25, 0.3) is 5.52 Å². The van der Waals surface area contributed by atoms with Crippen LogP contribution in [-0.4, -0.2) is 24.1 Å². The number of hydrogen-bond donors (Lipinski definition) is 1. The first kappa shape index (κ1) is 19.9. The van der Waals surface area contributed by atoms with Gasteiger partial charge in [-0.2, -0.15) is 4.98 Å². The van der Waals surface area contributed by atoms with Crippen LogP contribution in [0.15, 0.2) is 68.9 Å². The average molecular weight is 454 g/mol. The van der Waals surface area contributed by atoms with Crippen molar-refractivity contribution < 1.29 is 13.8 Å². The number of fused-ring (bicyclic) bond motifs is 2. The first-order chi connectivity index (χ1) is 16.5. The third-order valence-corrected chi connectivity index (χ3v) is 5.92. The molecular formula is C24H20N7O3+. The average Bonchev–Trinajstić information content (AvgIpc) is 3.55. The Kier molecular flexibility index (Phi) is 4.34. The van der Waals surface area contributed by atoms with Gasteiger partial charge in [-0.15, -0.1) is 5.10 Å². The van der Waals surface area contributed by atoms with E-state index in [4.69, 9.17) is 14.6 Å². The summed E-state index contributed by atoms with van der Waals surface area (Å²) in [5, 5.41) is 4.68. The summed E-state index contributed by atoms with van der Waals surface area (Å²) >= 11 is 0. The molecule has 0 atom stereocenters. The maximum absolute atomic E-state index is 13.3. The summed E-state index contributed by atoms with van der Waals surface area (Å²) in [5.41, 5.74) is 12.4. The Morgan fingerprint density at radius 2 is 1.91 bits per heavy atom. The highest BCUT2D eigenvalue weighted by Gasteiger charge is 2.23. The number of aryl methyl sites for hydroxylation is 2. The number of benzene rings is 2. The molecule has 0 aliphatic heterocycles. The second kappa shape index (κ2) is 7.41. The summed E-state index contributed by atoms with van der Waals surface area (Å²) in [4.78, 5) is 25.3. The van der Waals surface area contributed by atoms with Gasteiger partial charge in [0.15, 0.2) is 12.0 Å². The van der Waals surface area contributed by atoms with E-state index in [0.29, 0.717) is 33.9 Å². The molecule has 0 saturated heterocycles. The van der Waals surface area contributed by atoms with E-state index in [1.165, 1.54) is 21.9 Å². The van der Waals surface area contributed by atoms with E-state index in [9.17, 15) is 4.79 Å². The van der Waals surface area contributed by atoms with Crippen LogP contribution in [0.25, 0.3) is 39.1 Å². The number of rotatable bonds is 4. The van der Waals surface area contributed by atoms with Crippen molar-refractivity contribution in [1.29, 1.82) is 0 Å². The van der Waals surface area contributed by atoms with Crippen molar-refractivity contribution in [3.8, 4) is 22.4 Å². The molecule has 168 valence electrons. The Labute approximate surface area is 192 Å². The maximum Gasteiger partial charge on any atom is 0.353 e. The van der Waals surface area contributed by atoms with Crippen molar-refractivity contribution in [2.75, 3.05) is 5.73 Å². The number of aromatic nitrogens is 6. The fourth-order valence-corrected chi connectivity index (χ4v) is 4.23. The molecule has 0 aliphatic carbocycles. The van der Waals surface area contributed by atoms with Crippen molar-refractivity contribution in [3.63, 3.8) is 0 Å². The number of nitrogens with two attached hydrogens (primary N) is 1. The fourth-order valence-electron chi connectivity index (χ4n) is 4.23. The second-order valence-electron chi connectivity index (χ2n) is 8.06. The fraction of sp³-hybridized carbons (Fsp3) is 0.125. The molecule has 4 aromatic heterocycles. The summed E-state index contributed by atoms with van der Waals surface area (Å²) in [6, 6.07) is 13.6. The van der Waals surface area contributed by atoms with Crippen molar-refractivity contribution in [1.82, 2.24) is 24.1 Å². The minimum atomic E-state index is -0.410. The molecule has 0 radical (unpaired) electrons. The van der Waals surface area contributed by atoms with Gasteiger partial charge in [0.05, 0.1) is 17.8 Å². The molecule has 0 bridgehead atoms. The number of nitrogens with zero attached hydrogens (tertiary/aromatic N) is 5. The van der Waals surface area contributed by atoms with E-state index in [2.05, 4.69) is 20.1 Å². The number of nitrogen functional groups attached to an aromatic ring is 1. The monoisotopic (exact) mass is 454 g/mol. The number of hydrogen-bond acceptors (Lipinski definition) is 7. The highest BCUT2D eigenvalue weighted by molar-refractivity contribution is 5.93. The number of nitrogens with one attached hydrogen (secondary N) is 1. The molecule has 3 N–H and O–H groups in total. The minimum absolute atomic E-state index is 0.0508. The van der Waals surface area contributed by atoms with E-state index in [1.807, 2.05) is 49.4 Å². The van der Waals surface area contributed by atoms with Crippen molar-refractivity contribution in [2.45, 2.75) is 20.4 Å². The Morgan fingerprint density at radius 1 is 1.09 bits per heavy atom. The minimum Gasteiger partial charge on any atom is -0.448 e. The van der Waals surface area contributed by atoms with Crippen LogP contribution in [0.2, 0.25) is 0 Å². The zero-order chi connectivity index (χ0) is 23.4. The standard InChI is InChI=1S/C24H19N7O3/c1-13-8-16(9-18-20(13)27-12-34-18)19-21(15-6-4-3-5-7-15)28-23(25)31-22(19)29-30(24(31)32)10-17-14(2)33-11-26-17/h3-9,11-12H,10H2,1-2H3,(H2,25,28)/p+1. The predicted octanol–water partition coefficient (Wildman–Crippen LogP) is 3.02. The molecule has 0 unspecified atom stereocenters. The third-order valence-electron chi connectivity index (χ3n) is 5.92. The van der Waals surface area contributed by atoms with Gasteiger partial charge in [0.2, 0.25) is 11.5 Å². The van der Waals surface area contributed by atoms with Crippen molar-refractivity contribution in [2.24, 2.45) is 0 Å². The lowest BCUT2D eigenvalue weighted by Gasteiger charge is -2.12. The van der Waals surface area contributed by atoms with E-state index in [0.717, 1.165) is 22.2 Å². The third kappa shape index (κ3) is 2.99. The number of H-pyrrole nitrogens is 1. The molecule has 0 spiro atoms. The number of anilines is 1. The molecule has 4 heterocycles. The smallest absolute Gasteiger partial charge is 0.353 e. The van der Waals surface area contributed by atoms with Crippen LogP contribution >= 0.6 is 0 Å². The van der Waals surface area contributed by atoms with Crippen LogP contribution in [0, 0.1) is 13.8 Å². The lowest BCUT2D eigenvalue weighted by molar-refractivity contribution is -0.354. The Balaban J connectivity index is 1.69. The summed E-state index contributed by atoms with van der Waals surface area (Å²) < 4.78 is 13.6. The summed E-state index contributed by atoms with van der Waals surface area (Å²) in [7, 11) is 0. The summed E-state index contributed by atoms with van der Waals surface area (Å²) in [6.45, 7) is 3.92. The van der Waals surface area contributed by atoms with Crippen LogP contribution in [0.1, 0.15) is 17.0 Å². The second-order valence-corrected chi connectivity index (χ2v) is 8.06. The lowest BCUT2D eigenvalue weighted by Crippen LogP contribution is -2.24. The zero-order valence-electron chi connectivity index (χ0n) is 18.4. The zero-order valence-corrected chi connectivity index (χ0v) is 18.4. The van der Waals surface area contributed by atoms with Gasteiger partial charge in [-0.05, 0) is 31.5 Å². The van der Waals surface area contributed by atoms with Crippen LogP contribution in [0.5, 0.6) is 0 Å². The topological polar surface area (TPSA) is 132 Å². The van der Waals surface area contributed by atoms with Crippen LogP contribution in [-0.2, 0) is 6.54 Å². The van der Waals surface area contributed by atoms with Crippen molar-refractivity contribution in [3.05, 3.63) is 82.8 Å². The molecule has 6 rings (SSSR count). The van der Waals surface area contributed by atoms with Crippen LogP contribution in [0.3, 0.4) is 0 Å². The summed E-state index contributed by atoms with van der Waals surface area (Å²) in [5.74, 6) is 0.672. The Hall–Kier alpha value is -4.73. The largest absolute Gasteiger partial charge is 0.448 e. The number of oxazole rings is 2. The molecule has 0 aliphatic rings. The predicted molar refractivity (Wildman–Crippen MR) is 124 cm³/mol. The van der Waals surface area contributed by atoms with E-state index in [-0.39, 0.29) is 12.5 Å². The molecule has 0 amide bonds. The SMILES string of the molecule is Cc1ocnc1Cn1nc2c(-c3cc(C)c4[nH+]coc4c3)c(-c3ccccc3)nc(N)n2c1=O. The Bertz CT molecular complexity index is 1740. The van der Waals surface area contributed by atoms with Crippen molar-refractivity contribution >= 4 is 22.7 Å². The molecule has 10 heteroatoms. The normalized spacial score (nSPS) is 11.6. The van der Waals surface area contributed by atoms with E-state index < -0.39 is 5.69 Å². The molecule has 10 nitrogen and oxygen atoms in total. The van der Waals surface area contributed by atoms with Gasteiger partial charge >= 0.3 is 12.1 Å². The van der Waals surface area contributed by atoms with Gasteiger partial charge < -0.3 is 14.6 Å². The summed E-state index contributed by atoms with van der Waals surface area (Å²) in [6.07, 6.45) is 2.88. The van der Waals surface area contributed by atoms with Crippen LogP contribution in [0.4, 0.5) is 5.95 Å². The highest BCUT2D eigenvalue weighted by atomic mass is 16.3. The van der Waals surface area contributed by atoms with Gasteiger partial charge in [-0.1, -0.05) is 30.3 Å². The van der Waals surface area contributed by atoms with Crippen LogP contribution < -0.4 is 16.4 Å². The first-order valence-electron chi connectivity index (χ1n) is 10.6. The van der Waals surface area contributed by atoms with Gasteiger partial charge in [0.1, 0.15) is 11.5 Å². The molecule has 6 aromatic rings. The van der Waals surface area contributed by atoms with Gasteiger partial charge in [0, 0.05) is 11.1 Å².